The highest BCUT2D eigenvalue weighted by molar-refractivity contribution is 7.99. The van der Waals surface area contributed by atoms with E-state index in [2.05, 4.69) is 10.3 Å². The van der Waals surface area contributed by atoms with Gasteiger partial charge in [-0.05, 0) is 24.6 Å². The van der Waals surface area contributed by atoms with Crippen molar-refractivity contribution >= 4 is 28.6 Å². The first kappa shape index (κ1) is 18.4. The first-order valence-corrected chi connectivity index (χ1v) is 9.90. The monoisotopic (exact) mass is 401 g/mol. The molecule has 0 bridgehead atoms. The minimum Gasteiger partial charge on any atom is -0.467 e. The molecule has 1 aromatic carbocycles. The van der Waals surface area contributed by atoms with Gasteiger partial charge in [-0.15, -0.1) is 0 Å². The second-order valence-corrected chi connectivity index (χ2v) is 7.17. The molecule has 0 unspecified atom stereocenters. The number of nitrogens with zero attached hydrogens (tertiary/aromatic N) is 2. The van der Waals surface area contributed by atoms with Gasteiger partial charge >= 0.3 is 0 Å². The second-order valence-electron chi connectivity index (χ2n) is 6.23. The fourth-order valence-electron chi connectivity index (χ4n) is 2.84. The number of carbonyl (C=O) groups is 1. The third kappa shape index (κ3) is 3.70. The Kier molecular flexibility index (Phi) is 5.25. The fourth-order valence-corrected chi connectivity index (χ4v) is 3.67. The number of fused-ring (bicyclic) bond motifs is 2. The average molecular weight is 401 g/mol. The van der Waals surface area contributed by atoms with Gasteiger partial charge < -0.3 is 19.2 Å². The molecule has 146 valence electrons. The molecule has 1 amide bonds. The van der Waals surface area contributed by atoms with Gasteiger partial charge in [0.2, 0.25) is 12.7 Å². The van der Waals surface area contributed by atoms with Gasteiger partial charge in [0.05, 0.1) is 29.5 Å². The number of hydrogen-bond donors (Lipinski definition) is 1. The van der Waals surface area contributed by atoms with Gasteiger partial charge in [0.25, 0.3) is 5.56 Å². The van der Waals surface area contributed by atoms with Gasteiger partial charge in [-0.3, -0.25) is 14.2 Å². The summed E-state index contributed by atoms with van der Waals surface area (Å²) in [6, 6.07) is 6.89. The highest BCUT2D eigenvalue weighted by atomic mass is 32.2. The minimum absolute atomic E-state index is 0.101. The lowest BCUT2D eigenvalue weighted by molar-refractivity contribution is -0.118. The van der Waals surface area contributed by atoms with Crippen LogP contribution in [-0.4, -0.2) is 34.5 Å². The summed E-state index contributed by atoms with van der Waals surface area (Å²) in [5.74, 6) is 1.77. The number of nitrogens with one attached hydrogen (secondary N) is 1. The molecule has 8 nitrogen and oxygen atoms in total. The van der Waals surface area contributed by atoms with E-state index in [0.29, 0.717) is 39.9 Å². The third-order valence-corrected chi connectivity index (χ3v) is 5.19. The van der Waals surface area contributed by atoms with Crippen molar-refractivity contribution in [3.63, 3.8) is 0 Å². The van der Waals surface area contributed by atoms with E-state index in [0.717, 1.165) is 6.42 Å². The maximum Gasteiger partial charge on any atom is 0.262 e. The number of ether oxygens (including phenoxy) is 2. The summed E-state index contributed by atoms with van der Waals surface area (Å²) in [5.41, 5.74) is 0.276. The molecule has 28 heavy (non-hydrogen) atoms. The zero-order chi connectivity index (χ0) is 19.5. The molecule has 4 rings (SSSR count). The topological polar surface area (TPSA) is 95.6 Å². The van der Waals surface area contributed by atoms with Crippen molar-refractivity contribution < 1.29 is 18.7 Å². The van der Waals surface area contributed by atoms with Crippen LogP contribution in [0.3, 0.4) is 0 Å². The number of hydrogen-bond acceptors (Lipinski definition) is 7. The van der Waals surface area contributed by atoms with E-state index >= 15 is 0 Å². The Balaban J connectivity index is 1.73. The van der Waals surface area contributed by atoms with Crippen LogP contribution in [0.15, 0.2) is 44.9 Å². The van der Waals surface area contributed by atoms with Crippen LogP contribution in [0.1, 0.15) is 19.1 Å². The molecule has 0 atom stereocenters. The van der Waals surface area contributed by atoms with Crippen molar-refractivity contribution in [2.45, 2.75) is 25.0 Å². The zero-order valence-electron chi connectivity index (χ0n) is 15.3. The number of benzene rings is 1. The number of thioether (sulfide) groups is 1. The molecular weight excluding hydrogens is 382 g/mol. The smallest absolute Gasteiger partial charge is 0.262 e. The summed E-state index contributed by atoms with van der Waals surface area (Å²) in [6.45, 7) is 2.95. The summed E-state index contributed by atoms with van der Waals surface area (Å²) in [5, 5.41) is 3.69. The van der Waals surface area contributed by atoms with Crippen molar-refractivity contribution in [2.24, 2.45) is 0 Å². The molecule has 0 spiro atoms. The van der Waals surface area contributed by atoms with E-state index in [1.165, 1.54) is 16.3 Å². The maximum atomic E-state index is 13.2. The molecule has 1 aliphatic rings. The summed E-state index contributed by atoms with van der Waals surface area (Å²) < 4.78 is 17.7. The van der Waals surface area contributed by atoms with Crippen molar-refractivity contribution in [3.05, 3.63) is 46.6 Å². The van der Waals surface area contributed by atoms with Gasteiger partial charge in [0.1, 0.15) is 5.76 Å². The van der Waals surface area contributed by atoms with Crippen molar-refractivity contribution in [1.29, 1.82) is 0 Å². The van der Waals surface area contributed by atoms with Crippen molar-refractivity contribution in [2.75, 3.05) is 19.1 Å². The lowest BCUT2D eigenvalue weighted by Gasteiger charge is -2.12. The average Bonchev–Trinajstić information content (AvgIpc) is 3.37. The molecule has 2 aromatic heterocycles. The van der Waals surface area contributed by atoms with Crippen LogP contribution in [0, 0.1) is 0 Å². The molecule has 1 aliphatic heterocycles. The Morgan fingerprint density at radius 3 is 2.89 bits per heavy atom. The highest BCUT2D eigenvalue weighted by Gasteiger charge is 2.20. The molecular formula is C19H19N3O5S. The van der Waals surface area contributed by atoms with Gasteiger partial charge in [0.15, 0.2) is 16.7 Å². The van der Waals surface area contributed by atoms with Crippen LogP contribution >= 0.6 is 11.8 Å². The lowest BCUT2D eigenvalue weighted by Crippen LogP contribution is -2.27. The predicted molar refractivity (Wildman–Crippen MR) is 104 cm³/mol. The SMILES string of the molecule is CCCNC(=O)CSc1nc2cc3c(cc2c(=O)n1Cc1ccco1)OCO3. The molecule has 1 N–H and O–H groups in total. The Labute approximate surface area is 164 Å². The van der Waals surface area contributed by atoms with E-state index < -0.39 is 0 Å². The number of aromatic nitrogens is 2. The van der Waals surface area contributed by atoms with Crippen LogP contribution in [0.2, 0.25) is 0 Å². The molecule has 0 saturated carbocycles. The minimum atomic E-state index is -0.226. The summed E-state index contributed by atoms with van der Waals surface area (Å²) in [7, 11) is 0. The summed E-state index contributed by atoms with van der Waals surface area (Å²) >= 11 is 1.22. The zero-order valence-corrected chi connectivity index (χ0v) is 16.1. The van der Waals surface area contributed by atoms with Gasteiger partial charge in [-0.1, -0.05) is 18.7 Å². The van der Waals surface area contributed by atoms with Crippen LogP contribution < -0.4 is 20.3 Å². The van der Waals surface area contributed by atoms with Crippen LogP contribution in [-0.2, 0) is 11.3 Å². The van der Waals surface area contributed by atoms with Crippen molar-refractivity contribution in [3.8, 4) is 11.5 Å². The van der Waals surface area contributed by atoms with E-state index in [1.54, 1.807) is 30.5 Å². The number of amides is 1. The molecule has 3 heterocycles. The summed E-state index contributed by atoms with van der Waals surface area (Å²) in [4.78, 5) is 29.8. The Morgan fingerprint density at radius 2 is 2.14 bits per heavy atom. The summed E-state index contributed by atoms with van der Waals surface area (Å²) in [6.07, 6.45) is 2.42. The van der Waals surface area contributed by atoms with Crippen molar-refractivity contribution in [1.82, 2.24) is 14.9 Å². The quantitative estimate of drug-likeness (QED) is 0.480. The van der Waals surface area contributed by atoms with Crippen LogP contribution in [0.4, 0.5) is 0 Å². The van der Waals surface area contributed by atoms with Crippen LogP contribution in [0.25, 0.3) is 10.9 Å². The molecule has 0 fully saturated rings. The molecule has 9 heteroatoms. The third-order valence-electron chi connectivity index (χ3n) is 4.21. The molecule has 0 radical (unpaired) electrons. The number of furan rings is 1. The predicted octanol–water partition coefficient (Wildman–Crippen LogP) is 2.38. The first-order chi connectivity index (χ1) is 13.7. The van der Waals surface area contributed by atoms with Gasteiger partial charge in [-0.25, -0.2) is 4.98 Å². The van der Waals surface area contributed by atoms with Gasteiger partial charge in [0, 0.05) is 12.6 Å². The number of rotatable bonds is 7. The van der Waals surface area contributed by atoms with E-state index in [4.69, 9.17) is 13.9 Å². The molecule has 3 aromatic rings. The normalized spacial score (nSPS) is 12.5. The fraction of sp³-hybridized carbons (Fsp3) is 0.316. The highest BCUT2D eigenvalue weighted by Crippen LogP contribution is 2.35. The Bertz CT molecular complexity index is 1060. The Hall–Kier alpha value is -2.94. The standard InChI is InChI=1S/C19H19N3O5S/c1-2-5-20-17(23)10-28-19-21-14-8-16-15(26-11-27-16)7-13(14)18(24)22(19)9-12-4-3-6-25-12/h3-4,6-8H,2,5,9-11H2,1H3,(H,20,23). The van der Waals surface area contributed by atoms with Crippen LogP contribution in [0.5, 0.6) is 11.5 Å². The van der Waals surface area contributed by atoms with E-state index in [9.17, 15) is 9.59 Å². The second kappa shape index (κ2) is 7.97. The molecule has 0 aliphatic carbocycles. The first-order valence-electron chi connectivity index (χ1n) is 8.91. The lowest BCUT2D eigenvalue weighted by atomic mass is 10.2. The Morgan fingerprint density at radius 1 is 1.32 bits per heavy atom. The van der Waals surface area contributed by atoms with E-state index in [1.807, 2.05) is 6.92 Å². The van der Waals surface area contributed by atoms with Gasteiger partial charge in [-0.2, -0.15) is 0 Å². The largest absolute Gasteiger partial charge is 0.467 e. The molecule has 0 saturated heterocycles. The van der Waals surface area contributed by atoms with E-state index in [-0.39, 0.29) is 30.6 Å². The number of carbonyl (C=O) groups excluding carboxylic acids is 1. The maximum absolute atomic E-state index is 13.2.